The number of ketones is 1. The van der Waals surface area contributed by atoms with Gasteiger partial charge in [0, 0.05) is 44.2 Å². The fourth-order valence-electron chi connectivity index (χ4n) is 3.76. The van der Waals surface area contributed by atoms with E-state index in [0.29, 0.717) is 15.4 Å². The van der Waals surface area contributed by atoms with Crippen molar-refractivity contribution >= 4 is 46.5 Å². The summed E-state index contributed by atoms with van der Waals surface area (Å²) >= 11 is 1.96. The van der Waals surface area contributed by atoms with E-state index in [2.05, 4.69) is 5.32 Å². The van der Waals surface area contributed by atoms with Crippen molar-refractivity contribution in [2.45, 2.75) is 38.0 Å². The summed E-state index contributed by atoms with van der Waals surface area (Å²) in [5.74, 6) is -1.46. The van der Waals surface area contributed by atoms with Gasteiger partial charge in [-0.3, -0.25) is 19.2 Å². The Hall–Kier alpha value is -2.55. The second kappa shape index (κ2) is 14.3. The number of Topliss-reactive ketones (excluding diaryl/α,β-unsaturated/α-hetero) is 1. The number of amides is 2. The molecule has 1 aromatic carbocycles. The van der Waals surface area contributed by atoms with Crippen molar-refractivity contribution in [3.63, 3.8) is 0 Å². The smallest absolute Gasteiger partial charge is 0.290 e. The highest BCUT2D eigenvalue weighted by Gasteiger charge is 2.41. The summed E-state index contributed by atoms with van der Waals surface area (Å²) in [5, 5.41) is 23.0. The highest BCUT2D eigenvalue weighted by atomic mass is 127. The zero-order chi connectivity index (χ0) is 26.8. The van der Waals surface area contributed by atoms with Crippen LogP contribution in [0.25, 0.3) is 0 Å². The summed E-state index contributed by atoms with van der Waals surface area (Å²) in [7, 11) is 2.84. The maximum absolute atomic E-state index is 12.9. The summed E-state index contributed by atoms with van der Waals surface area (Å²) in [6.45, 7) is 1.41. The molecule has 198 valence electrons. The van der Waals surface area contributed by atoms with Crippen molar-refractivity contribution < 1.29 is 43.6 Å². The third kappa shape index (κ3) is 7.24. The van der Waals surface area contributed by atoms with Crippen LogP contribution in [0.3, 0.4) is 0 Å². The van der Waals surface area contributed by atoms with Gasteiger partial charge < -0.3 is 34.6 Å². The molecule has 2 amide bonds. The van der Waals surface area contributed by atoms with Crippen molar-refractivity contribution in [2.24, 2.45) is 0 Å². The molecule has 0 unspecified atom stereocenters. The Labute approximate surface area is 222 Å². The van der Waals surface area contributed by atoms with Gasteiger partial charge in [0.1, 0.15) is 18.5 Å². The lowest BCUT2D eigenvalue weighted by Gasteiger charge is -2.40. The van der Waals surface area contributed by atoms with E-state index in [1.54, 1.807) is 13.0 Å². The molecule has 0 aromatic heterocycles. The summed E-state index contributed by atoms with van der Waals surface area (Å²) in [6.07, 6.45) is -0.411. The first-order chi connectivity index (χ1) is 17.2. The molecule has 0 aliphatic heterocycles. The maximum Gasteiger partial charge on any atom is 0.290 e. The fourth-order valence-corrected chi connectivity index (χ4v) is 4.51. The lowest BCUT2D eigenvalue weighted by atomic mass is 9.88. The van der Waals surface area contributed by atoms with Gasteiger partial charge in [-0.05, 0) is 40.8 Å². The SMILES string of the molecule is CCC(=O)C(=O)N(CCOC)[C@@H]1CC(C(=O)NCCO)=C[C@H](Oc2c(I)cc(C=O)cc2OC)[C@H]1O. The number of aldehydes is 1. The summed E-state index contributed by atoms with van der Waals surface area (Å²) in [4.78, 5) is 50.4. The number of nitrogens with zero attached hydrogens (tertiary/aromatic N) is 1. The van der Waals surface area contributed by atoms with E-state index in [1.165, 1.54) is 31.3 Å². The molecule has 36 heavy (non-hydrogen) atoms. The van der Waals surface area contributed by atoms with Crippen molar-refractivity contribution in [3.8, 4) is 11.5 Å². The molecule has 1 aliphatic rings. The molecule has 3 atom stereocenters. The molecule has 11 nitrogen and oxygen atoms in total. The first kappa shape index (κ1) is 29.7. The van der Waals surface area contributed by atoms with E-state index in [9.17, 15) is 24.3 Å². The standard InChI is InChI=1S/C24H31IN2O9/c1-4-18(30)24(33)27(6-8-34-2)17-11-15(23(32)26-5-7-28)12-19(21(17)31)36-22-16(25)9-14(13-29)10-20(22)35-3/h9-10,12-13,17,19,21,28,31H,4-8,11H2,1-3H3,(H,26,32)/t17-,19+,21+/m1/s1. The number of aliphatic hydroxyl groups is 2. The number of nitrogens with one attached hydrogen (secondary N) is 1. The average molecular weight is 618 g/mol. The number of ether oxygens (including phenoxy) is 3. The molecular weight excluding hydrogens is 587 g/mol. The fraction of sp³-hybridized carbons (Fsp3) is 0.500. The minimum absolute atomic E-state index is 0.00837. The van der Waals surface area contributed by atoms with E-state index >= 15 is 0 Å². The highest BCUT2D eigenvalue weighted by molar-refractivity contribution is 14.1. The van der Waals surface area contributed by atoms with Crippen LogP contribution in [0.5, 0.6) is 11.5 Å². The van der Waals surface area contributed by atoms with Gasteiger partial charge in [0.05, 0.1) is 29.9 Å². The number of hydrogen-bond donors (Lipinski definition) is 3. The molecule has 0 fully saturated rings. The molecule has 0 heterocycles. The molecule has 0 radical (unpaired) electrons. The third-order valence-electron chi connectivity index (χ3n) is 5.61. The summed E-state index contributed by atoms with van der Waals surface area (Å²) < 4.78 is 17.1. The molecule has 1 aliphatic carbocycles. The second-order valence-corrected chi connectivity index (χ2v) is 9.10. The van der Waals surface area contributed by atoms with Crippen LogP contribution in [-0.4, -0.2) is 97.8 Å². The minimum atomic E-state index is -1.32. The first-order valence-electron chi connectivity index (χ1n) is 11.3. The Kier molecular flexibility index (Phi) is 11.8. The lowest BCUT2D eigenvalue weighted by molar-refractivity contribution is -0.149. The van der Waals surface area contributed by atoms with Gasteiger partial charge in [0.25, 0.3) is 5.91 Å². The lowest BCUT2D eigenvalue weighted by Crippen LogP contribution is -2.57. The number of hydrogen-bond acceptors (Lipinski definition) is 9. The summed E-state index contributed by atoms with van der Waals surface area (Å²) in [6, 6.07) is 2.07. The molecule has 0 bridgehead atoms. The molecule has 0 spiro atoms. The zero-order valence-corrected chi connectivity index (χ0v) is 22.5. The van der Waals surface area contributed by atoms with Crippen LogP contribution < -0.4 is 14.8 Å². The topological polar surface area (TPSA) is 152 Å². The van der Waals surface area contributed by atoms with Gasteiger partial charge in [0.15, 0.2) is 11.5 Å². The third-order valence-corrected chi connectivity index (χ3v) is 6.41. The average Bonchev–Trinajstić information content (AvgIpc) is 2.89. The molecule has 2 rings (SSSR count). The molecule has 1 aromatic rings. The number of carbonyl (C=O) groups is 4. The normalized spacial score (nSPS) is 19.2. The maximum atomic E-state index is 12.9. The van der Waals surface area contributed by atoms with Crippen LogP contribution in [0.15, 0.2) is 23.8 Å². The minimum Gasteiger partial charge on any atom is -0.493 e. The van der Waals surface area contributed by atoms with Gasteiger partial charge in [-0.15, -0.1) is 0 Å². The van der Waals surface area contributed by atoms with E-state index in [1.807, 2.05) is 22.6 Å². The Balaban J connectivity index is 2.52. The number of rotatable bonds is 13. The number of methoxy groups -OCH3 is 2. The number of aliphatic hydroxyl groups excluding tert-OH is 2. The van der Waals surface area contributed by atoms with Crippen LogP contribution in [0.1, 0.15) is 30.1 Å². The monoisotopic (exact) mass is 618 g/mol. The van der Waals surface area contributed by atoms with Gasteiger partial charge >= 0.3 is 0 Å². The largest absolute Gasteiger partial charge is 0.493 e. The predicted octanol–water partition coefficient (Wildman–Crippen LogP) is 0.482. The number of benzene rings is 1. The molecule has 12 heteroatoms. The van der Waals surface area contributed by atoms with Crippen LogP contribution in [0, 0.1) is 3.57 Å². The molecule has 3 N–H and O–H groups in total. The van der Waals surface area contributed by atoms with E-state index in [-0.39, 0.29) is 56.2 Å². The van der Waals surface area contributed by atoms with E-state index in [0.717, 1.165) is 0 Å². The second-order valence-electron chi connectivity index (χ2n) is 7.94. The van der Waals surface area contributed by atoms with Gasteiger partial charge in [0.2, 0.25) is 11.7 Å². The van der Waals surface area contributed by atoms with Crippen LogP contribution in [0.2, 0.25) is 0 Å². The van der Waals surface area contributed by atoms with Crippen LogP contribution >= 0.6 is 22.6 Å². The Morgan fingerprint density at radius 2 is 2.00 bits per heavy atom. The van der Waals surface area contributed by atoms with Gasteiger partial charge in [-0.2, -0.15) is 0 Å². The first-order valence-corrected chi connectivity index (χ1v) is 12.4. The number of halogens is 1. The van der Waals surface area contributed by atoms with Gasteiger partial charge in [-0.25, -0.2) is 0 Å². The van der Waals surface area contributed by atoms with E-state index < -0.39 is 35.8 Å². The molecular formula is C24H31IN2O9. The van der Waals surface area contributed by atoms with Crippen molar-refractivity contribution in [2.75, 3.05) is 40.5 Å². The van der Waals surface area contributed by atoms with Crippen molar-refractivity contribution in [1.29, 1.82) is 0 Å². The van der Waals surface area contributed by atoms with Crippen molar-refractivity contribution in [3.05, 3.63) is 32.9 Å². The Bertz CT molecular complexity index is 998. The van der Waals surface area contributed by atoms with Gasteiger partial charge in [-0.1, -0.05) is 6.92 Å². The zero-order valence-electron chi connectivity index (χ0n) is 20.4. The predicted molar refractivity (Wildman–Crippen MR) is 137 cm³/mol. The Morgan fingerprint density at radius 1 is 1.28 bits per heavy atom. The van der Waals surface area contributed by atoms with E-state index in [4.69, 9.17) is 19.3 Å². The quantitative estimate of drug-likeness (QED) is 0.163. The van der Waals surface area contributed by atoms with Crippen molar-refractivity contribution in [1.82, 2.24) is 10.2 Å². The molecule has 0 saturated carbocycles. The molecule has 0 saturated heterocycles. The highest BCUT2D eigenvalue weighted by Crippen LogP contribution is 2.36. The van der Waals surface area contributed by atoms with Crippen LogP contribution in [0.4, 0.5) is 0 Å². The Morgan fingerprint density at radius 3 is 2.58 bits per heavy atom. The summed E-state index contributed by atoms with van der Waals surface area (Å²) in [5.41, 5.74) is 0.570. The number of carbonyl (C=O) groups excluding carboxylic acids is 4. The van der Waals surface area contributed by atoms with Crippen LogP contribution in [-0.2, 0) is 19.1 Å².